The first-order valence-electron chi connectivity index (χ1n) is 6.50. The molecule has 0 unspecified atom stereocenters. The van der Waals surface area contributed by atoms with Crippen LogP contribution in [-0.4, -0.2) is 0 Å². The third kappa shape index (κ3) is 4.79. The van der Waals surface area contributed by atoms with Gasteiger partial charge in [0.15, 0.2) is 14.3 Å². The van der Waals surface area contributed by atoms with E-state index in [0.717, 1.165) is 4.47 Å². The molecule has 0 amide bonds. The molecule has 0 N–H and O–H groups in total. The lowest BCUT2D eigenvalue weighted by atomic mass is 10.4. The van der Waals surface area contributed by atoms with Gasteiger partial charge in [-0.2, -0.15) is 0 Å². The van der Waals surface area contributed by atoms with Crippen molar-refractivity contribution in [1.29, 1.82) is 0 Å². The van der Waals surface area contributed by atoms with Crippen molar-refractivity contribution in [2.45, 2.75) is 0 Å². The Bertz CT molecular complexity index is 692. The Morgan fingerprint density at radius 2 is 0.857 bits per heavy atom. The average molecular weight is 563 g/mol. The maximum atomic E-state index is 3.49. The second-order valence-corrected chi connectivity index (χ2v) is 11.3. The van der Waals surface area contributed by atoms with Gasteiger partial charge in [-0.05, 0) is 60.7 Å². The molecule has 0 fully saturated rings. The molecule has 0 saturated heterocycles. The van der Waals surface area contributed by atoms with Gasteiger partial charge in [-0.15, -0.1) is 0 Å². The first kappa shape index (κ1) is 15.5. The molecule has 0 aliphatic carbocycles. The summed E-state index contributed by atoms with van der Waals surface area (Å²) in [5, 5.41) is 0. The maximum Gasteiger partial charge on any atom is 0.357 e. The van der Waals surface area contributed by atoms with Crippen molar-refractivity contribution in [3.63, 3.8) is 0 Å². The summed E-state index contributed by atoms with van der Waals surface area (Å²) in [6, 6.07) is 28.8. The molecule has 0 aromatic heterocycles. The van der Waals surface area contributed by atoms with Gasteiger partial charge in [0.25, 0.3) is 0 Å². The second kappa shape index (κ2) is 7.74. The molecular weight excluding hydrogens is 550 g/mol. The summed E-state index contributed by atoms with van der Waals surface area (Å²) in [5.41, 5.74) is 0. The van der Waals surface area contributed by atoms with Crippen LogP contribution in [-0.2, 0) is 0 Å². The van der Waals surface area contributed by atoms with Crippen LogP contribution >= 0.6 is 15.9 Å². The van der Waals surface area contributed by atoms with Crippen molar-refractivity contribution in [3.8, 4) is 0 Å². The van der Waals surface area contributed by atoms with Crippen LogP contribution in [0.15, 0.2) is 83.3 Å². The zero-order chi connectivity index (χ0) is 14.5. The van der Waals surface area contributed by atoms with Crippen LogP contribution in [0, 0.1) is 14.3 Å². The van der Waals surface area contributed by atoms with Crippen LogP contribution in [0.5, 0.6) is 0 Å². The molecular formula is C18H13BrI2+2. The smallest absolute Gasteiger partial charge is 0.0619 e. The first-order chi connectivity index (χ1) is 10.3. The minimum Gasteiger partial charge on any atom is -0.0619 e. The fourth-order valence-electron chi connectivity index (χ4n) is 1.78. The van der Waals surface area contributed by atoms with Gasteiger partial charge in [-0.1, -0.05) is 34.1 Å². The molecule has 0 heterocycles. The molecule has 0 atom stereocenters. The minimum atomic E-state index is -0.0660. The van der Waals surface area contributed by atoms with Crippen LogP contribution in [0.1, 0.15) is 0 Å². The topological polar surface area (TPSA) is 0 Å². The molecule has 0 spiro atoms. The van der Waals surface area contributed by atoms with Gasteiger partial charge in [-0.25, -0.2) is 0 Å². The number of hydrogen-bond acceptors (Lipinski definition) is 0. The van der Waals surface area contributed by atoms with E-state index < -0.39 is 0 Å². The number of rotatable bonds is 4. The van der Waals surface area contributed by atoms with Gasteiger partial charge in [-0.3, -0.25) is 0 Å². The van der Waals surface area contributed by atoms with E-state index in [1.54, 1.807) is 0 Å². The predicted octanol–water partition coefficient (Wildman–Crippen LogP) is -1.29. The lowest BCUT2D eigenvalue weighted by Gasteiger charge is -1.89. The Morgan fingerprint density at radius 3 is 1.33 bits per heavy atom. The monoisotopic (exact) mass is 562 g/mol. The van der Waals surface area contributed by atoms with E-state index in [1.165, 1.54) is 14.3 Å². The van der Waals surface area contributed by atoms with Gasteiger partial charge < -0.3 is 0 Å². The molecule has 3 aromatic carbocycles. The van der Waals surface area contributed by atoms with E-state index in [2.05, 4.69) is 94.8 Å². The number of benzene rings is 3. The third-order valence-corrected chi connectivity index (χ3v) is 8.67. The van der Waals surface area contributed by atoms with Crippen molar-refractivity contribution in [2.24, 2.45) is 0 Å². The van der Waals surface area contributed by atoms with Gasteiger partial charge >= 0.3 is 42.4 Å². The van der Waals surface area contributed by atoms with Crippen molar-refractivity contribution < 1.29 is 42.4 Å². The molecule has 0 aliphatic heterocycles. The van der Waals surface area contributed by atoms with E-state index in [1.807, 2.05) is 0 Å². The Morgan fingerprint density at radius 1 is 0.476 bits per heavy atom. The SMILES string of the molecule is Brc1ccc([I+]c2ccc([I+]c3ccccc3)cc2)cc1. The molecule has 0 aliphatic rings. The van der Waals surface area contributed by atoms with E-state index in [9.17, 15) is 0 Å². The van der Waals surface area contributed by atoms with Crippen LogP contribution in [0.3, 0.4) is 0 Å². The molecule has 104 valence electrons. The maximum absolute atomic E-state index is 3.49. The molecule has 0 radical (unpaired) electrons. The molecule has 3 rings (SSSR count). The summed E-state index contributed by atoms with van der Waals surface area (Å²) in [6.45, 7) is 0. The first-order valence-corrected chi connectivity index (χ1v) is 11.6. The Balaban J connectivity index is 1.68. The second-order valence-electron chi connectivity index (χ2n) is 4.36. The highest BCUT2D eigenvalue weighted by atomic mass is 127. The molecule has 3 aromatic rings. The quantitative estimate of drug-likeness (QED) is 0.347. The fraction of sp³-hybridized carbons (Fsp3) is 0. The van der Waals surface area contributed by atoms with E-state index >= 15 is 0 Å². The summed E-state index contributed by atoms with van der Waals surface area (Å²) in [4.78, 5) is 0. The normalized spacial score (nSPS) is 10.5. The number of halogens is 3. The molecule has 21 heavy (non-hydrogen) atoms. The van der Waals surface area contributed by atoms with Crippen LogP contribution in [0.4, 0.5) is 0 Å². The standard InChI is InChI=1S/C18H13BrI2/c19-14-6-8-16(9-7-14)21-18-12-10-17(11-13-18)20-15-4-2-1-3-5-15/h1-13H/q+2. The van der Waals surface area contributed by atoms with Crippen molar-refractivity contribution in [2.75, 3.05) is 0 Å². The van der Waals surface area contributed by atoms with Gasteiger partial charge in [0, 0.05) is 4.47 Å². The highest BCUT2D eigenvalue weighted by molar-refractivity contribution is 9.10. The number of hydrogen-bond donors (Lipinski definition) is 0. The minimum absolute atomic E-state index is 0.0430. The highest BCUT2D eigenvalue weighted by Crippen LogP contribution is 2.05. The Hall–Kier alpha value is -0.400. The zero-order valence-corrected chi connectivity index (χ0v) is 17.0. The van der Waals surface area contributed by atoms with Crippen molar-refractivity contribution in [1.82, 2.24) is 0 Å². The van der Waals surface area contributed by atoms with Crippen molar-refractivity contribution in [3.05, 3.63) is 97.6 Å². The van der Waals surface area contributed by atoms with Gasteiger partial charge in [0.05, 0.1) is 0 Å². The highest BCUT2D eigenvalue weighted by Gasteiger charge is 2.19. The van der Waals surface area contributed by atoms with Crippen LogP contribution < -0.4 is 42.4 Å². The summed E-state index contributed by atoms with van der Waals surface area (Å²) in [6.07, 6.45) is 0. The van der Waals surface area contributed by atoms with Crippen LogP contribution in [0.25, 0.3) is 0 Å². The lowest BCUT2D eigenvalue weighted by molar-refractivity contribution is -0.603. The summed E-state index contributed by atoms with van der Waals surface area (Å²) in [7, 11) is 0. The largest absolute Gasteiger partial charge is 0.357 e. The van der Waals surface area contributed by atoms with Crippen LogP contribution in [0.2, 0.25) is 0 Å². The molecule has 0 nitrogen and oxygen atoms in total. The third-order valence-electron chi connectivity index (χ3n) is 2.78. The molecule has 3 heteroatoms. The van der Waals surface area contributed by atoms with Crippen molar-refractivity contribution >= 4 is 15.9 Å². The van der Waals surface area contributed by atoms with E-state index in [-0.39, 0.29) is 42.4 Å². The lowest BCUT2D eigenvalue weighted by Crippen LogP contribution is -3.62. The summed E-state index contributed by atoms with van der Waals surface area (Å²) in [5.74, 6) is 0. The van der Waals surface area contributed by atoms with E-state index in [0.29, 0.717) is 0 Å². The molecule has 0 bridgehead atoms. The fourth-order valence-corrected chi connectivity index (χ4v) is 6.41. The van der Waals surface area contributed by atoms with E-state index in [4.69, 9.17) is 0 Å². The van der Waals surface area contributed by atoms with Gasteiger partial charge in [0.2, 0.25) is 0 Å². The molecule has 0 saturated carbocycles. The Labute approximate surface area is 154 Å². The summed E-state index contributed by atoms with van der Waals surface area (Å²) < 4.78 is 7.06. The summed E-state index contributed by atoms with van der Waals surface area (Å²) >= 11 is 3.38. The Kier molecular flexibility index (Phi) is 5.71. The predicted molar refractivity (Wildman–Crippen MR) is 81.8 cm³/mol. The zero-order valence-electron chi connectivity index (χ0n) is 11.1. The average Bonchev–Trinajstić information content (AvgIpc) is 2.53. The van der Waals surface area contributed by atoms with Gasteiger partial charge in [0.1, 0.15) is 0 Å².